The molecular weight excluding hydrogens is 270 g/mol. The van der Waals surface area contributed by atoms with Crippen LogP contribution in [-0.4, -0.2) is 48.0 Å². The standard InChI is InChI=1S/C11H19N3O4S/c1-3-14(5-4-6-15)19(17,18)9-7-10(11(12)16)13(2)8-9/h7-8,15H,3-6H2,1-2H3,(H2,12,16). The molecule has 0 bridgehead atoms. The van der Waals surface area contributed by atoms with Crippen LogP contribution in [0.2, 0.25) is 0 Å². The molecule has 1 rings (SSSR count). The van der Waals surface area contributed by atoms with Gasteiger partial charge in [0.1, 0.15) is 10.6 Å². The first kappa shape index (κ1) is 15.7. The number of nitrogens with two attached hydrogens (primary N) is 1. The van der Waals surface area contributed by atoms with Crippen LogP contribution < -0.4 is 5.73 Å². The summed E-state index contributed by atoms with van der Waals surface area (Å²) < 4.78 is 27.3. The lowest BCUT2D eigenvalue weighted by atomic mass is 10.4. The molecule has 8 heteroatoms. The predicted molar refractivity (Wildman–Crippen MR) is 70.1 cm³/mol. The fourth-order valence-corrected chi connectivity index (χ4v) is 3.32. The van der Waals surface area contributed by atoms with Crippen molar-refractivity contribution >= 4 is 15.9 Å². The molecule has 1 heterocycles. The minimum Gasteiger partial charge on any atom is -0.396 e. The molecule has 0 aromatic carbocycles. The van der Waals surface area contributed by atoms with Crippen molar-refractivity contribution in [3.8, 4) is 0 Å². The van der Waals surface area contributed by atoms with E-state index in [1.54, 1.807) is 14.0 Å². The Labute approximate surface area is 112 Å². The predicted octanol–water partition coefficient (Wildman–Crippen LogP) is -0.483. The van der Waals surface area contributed by atoms with Gasteiger partial charge in [0.15, 0.2) is 0 Å². The monoisotopic (exact) mass is 289 g/mol. The Bertz CT molecular complexity index is 550. The van der Waals surface area contributed by atoms with Crippen LogP contribution in [0.4, 0.5) is 0 Å². The number of hydrogen-bond acceptors (Lipinski definition) is 4. The maximum atomic E-state index is 12.3. The van der Waals surface area contributed by atoms with E-state index >= 15 is 0 Å². The molecule has 108 valence electrons. The second-order valence-corrected chi connectivity index (χ2v) is 6.05. The summed E-state index contributed by atoms with van der Waals surface area (Å²) in [5.41, 5.74) is 5.29. The Morgan fingerprint density at radius 1 is 1.53 bits per heavy atom. The number of aromatic nitrogens is 1. The molecule has 1 aromatic rings. The number of aliphatic hydroxyl groups excluding tert-OH is 1. The van der Waals surface area contributed by atoms with E-state index in [9.17, 15) is 13.2 Å². The summed E-state index contributed by atoms with van der Waals surface area (Å²) in [6, 6.07) is 1.26. The SMILES string of the molecule is CCN(CCCO)S(=O)(=O)c1cc(C(N)=O)n(C)c1. The van der Waals surface area contributed by atoms with Gasteiger partial charge in [-0.2, -0.15) is 4.31 Å². The first-order valence-corrected chi connectivity index (χ1v) is 7.35. The molecular formula is C11H19N3O4S. The van der Waals surface area contributed by atoms with Crippen molar-refractivity contribution < 1.29 is 18.3 Å². The molecule has 0 radical (unpaired) electrons. The highest BCUT2D eigenvalue weighted by Crippen LogP contribution is 2.18. The van der Waals surface area contributed by atoms with E-state index < -0.39 is 15.9 Å². The molecule has 3 N–H and O–H groups in total. The molecule has 0 atom stereocenters. The van der Waals surface area contributed by atoms with E-state index in [1.165, 1.54) is 21.1 Å². The minimum absolute atomic E-state index is 0.0311. The fraction of sp³-hybridized carbons (Fsp3) is 0.545. The van der Waals surface area contributed by atoms with E-state index in [0.29, 0.717) is 13.0 Å². The van der Waals surface area contributed by atoms with Crippen LogP contribution >= 0.6 is 0 Å². The Balaban J connectivity index is 3.11. The number of hydrogen-bond donors (Lipinski definition) is 2. The highest BCUT2D eigenvalue weighted by Gasteiger charge is 2.25. The lowest BCUT2D eigenvalue weighted by Crippen LogP contribution is -2.32. The number of nitrogens with zero attached hydrogens (tertiary/aromatic N) is 2. The van der Waals surface area contributed by atoms with Gasteiger partial charge >= 0.3 is 0 Å². The lowest BCUT2D eigenvalue weighted by Gasteiger charge is -2.19. The summed E-state index contributed by atoms with van der Waals surface area (Å²) in [4.78, 5) is 11.2. The highest BCUT2D eigenvalue weighted by molar-refractivity contribution is 7.89. The Morgan fingerprint density at radius 3 is 2.58 bits per heavy atom. The number of rotatable bonds is 7. The maximum Gasteiger partial charge on any atom is 0.265 e. The number of carbonyl (C=O) groups is 1. The summed E-state index contributed by atoms with van der Waals surface area (Å²) in [6.45, 7) is 2.17. The molecule has 0 saturated carbocycles. The molecule has 0 spiro atoms. The van der Waals surface area contributed by atoms with Gasteiger partial charge in [-0.1, -0.05) is 6.92 Å². The third-order valence-corrected chi connectivity index (χ3v) is 4.73. The van der Waals surface area contributed by atoms with Crippen molar-refractivity contribution in [1.82, 2.24) is 8.87 Å². The Morgan fingerprint density at radius 2 is 2.16 bits per heavy atom. The maximum absolute atomic E-state index is 12.3. The molecule has 1 amide bonds. The van der Waals surface area contributed by atoms with Crippen LogP contribution in [0.15, 0.2) is 17.2 Å². The summed E-state index contributed by atoms with van der Waals surface area (Å²) in [7, 11) is -2.11. The van der Waals surface area contributed by atoms with Gasteiger partial charge in [-0.25, -0.2) is 8.42 Å². The number of aryl methyl sites for hydroxylation is 1. The zero-order valence-corrected chi connectivity index (χ0v) is 11.9. The molecule has 0 aliphatic heterocycles. The first-order chi connectivity index (χ1) is 8.84. The van der Waals surface area contributed by atoms with E-state index in [2.05, 4.69) is 0 Å². The molecule has 19 heavy (non-hydrogen) atoms. The summed E-state index contributed by atoms with van der Waals surface area (Å²) in [5.74, 6) is -0.678. The van der Waals surface area contributed by atoms with E-state index in [-0.39, 0.29) is 23.7 Å². The molecule has 0 fully saturated rings. The quantitative estimate of drug-likeness (QED) is 0.707. The summed E-state index contributed by atoms with van der Waals surface area (Å²) in [6.07, 6.45) is 1.72. The van der Waals surface area contributed by atoms with Crippen LogP contribution in [0.25, 0.3) is 0 Å². The highest BCUT2D eigenvalue weighted by atomic mass is 32.2. The second kappa shape index (κ2) is 6.18. The molecule has 0 unspecified atom stereocenters. The average molecular weight is 289 g/mol. The normalized spacial score (nSPS) is 12.0. The van der Waals surface area contributed by atoms with Crippen LogP contribution in [0.3, 0.4) is 0 Å². The molecule has 0 saturated heterocycles. The van der Waals surface area contributed by atoms with Crippen LogP contribution in [-0.2, 0) is 17.1 Å². The second-order valence-electron chi connectivity index (χ2n) is 4.11. The van der Waals surface area contributed by atoms with Gasteiger partial charge in [0.05, 0.1) is 0 Å². The summed E-state index contributed by atoms with van der Waals surface area (Å²) in [5, 5.41) is 8.78. The van der Waals surface area contributed by atoms with E-state index in [4.69, 9.17) is 10.8 Å². The minimum atomic E-state index is -3.66. The third kappa shape index (κ3) is 3.34. The largest absolute Gasteiger partial charge is 0.396 e. The molecule has 0 aliphatic rings. The number of sulfonamides is 1. The Kier molecular flexibility index (Phi) is 5.10. The first-order valence-electron chi connectivity index (χ1n) is 5.91. The topological polar surface area (TPSA) is 106 Å². The molecule has 0 aliphatic carbocycles. The number of carbonyl (C=O) groups excluding carboxylic acids is 1. The van der Waals surface area contributed by atoms with Crippen LogP contribution in [0.1, 0.15) is 23.8 Å². The zero-order chi connectivity index (χ0) is 14.6. The number of primary amides is 1. The van der Waals surface area contributed by atoms with Gasteiger partial charge in [0.25, 0.3) is 5.91 Å². The van der Waals surface area contributed by atoms with Gasteiger partial charge < -0.3 is 15.4 Å². The van der Waals surface area contributed by atoms with E-state index in [0.717, 1.165) is 0 Å². The smallest absolute Gasteiger partial charge is 0.265 e. The Hall–Kier alpha value is -1.38. The molecule has 7 nitrogen and oxygen atoms in total. The van der Waals surface area contributed by atoms with Gasteiger partial charge in [-0.3, -0.25) is 4.79 Å². The van der Waals surface area contributed by atoms with Gasteiger partial charge in [-0.05, 0) is 12.5 Å². The summed E-state index contributed by atoms with van der Waals surface area (Å²) >= 11 is 0. The van der Waals surface area contributed by atoms with Crippen molar-refractivity contribution in [2.45, 2.75) is 18.2 Å². The van der Waals surface area contributed by atoms with Crippen LogP contribution in [0, 0.1) is 0 Å². The number of aliphatic hydroxyl groups is 1. The van der Waals surface area contributed by atoms with Gasteiger partial charge in [-0.15, -0.1) is 0 Å². The third-order valence-electron chi connectivity index (χ3n) is 2.79. The van der Waals surface area contributed by atoms with Crippen molar-refractivity contribution in [3.63, 3.8) is 0 Å². The van der Waals surface area contributed by atoms with Crippen LogP contribution in [0.5, 0.6) is 0 Å². The van der Waals surface area contributed by atoms with Crippen molar-refractivity contribution in [3.05, 3.63) is 18.0 Å². The number of amides is 1. The zero-order valence-electron chi connectivity index (χ0n) is 11.0. The van der Waals surface area contributed by atoms with Crippen molar-refractivity contribution in [2.75, 3.05) is 19.7 Å². The van der Waals surface area contributed by atoms with Crippen molar-refractivity contribution in [1.29, 1.82) is 0 Å². The van der Waals surface area contributed by atoms with Gasteiger partial charge in [0, 0.05) is 32.9 Å². The average Bonchev–Trinajstić information content (AvgIpc) is 2.73. The van der Waals surface area contributed by atoms with E-state index in [1.807, 2.05) is 0 Å². The fourth-order valence-electron chi connectivity index (χ4n) is 1.76. The van der Waals surface area contributed by atoms with Crippen molar-refractivity contribution in [2.24, 2.45) is 12.8 Å². The molecule has 1 aromatic heterocycles. The lowest BCUT2D eigenvalue weighted by molar-refractivity contribution is 0.0992. The van der Waals surface area contributed by atoms with Gasteiger partial charge in [0.2, 0.25) is 10.0 Å².